The molecule has 0 atom stereocenters. The lowest BCUT2D eigenvalue weighted by atomic mass is 10.4. The van der Waals surface area contributed by atoms with Crippen molar-refractivity contribution in [2.45, 2.75) is 6.92 Å². The number of hydrogen-bond donors (Lipinski definition) is 1. The maximum absolute atomic E-state index is 11.2. The van der Waals surface area contributed by atoms with E-state index in [1.165, 1.54) is 17.4 Å². The van der Waals surface area contributed by atoms with Gasteiger partial charge in [-0.05, 0) is 19.1 Å². The fourth-order valence-corrected chi connectivity index (χ4v) is 2.13. The molecule has 1 N–H and O–H groups in total. The van der Waals surface area contributed by atoms with Crippen LogP contribution in [-0.4, -0.2) is 9.97 Å². The topological polar surface area (TPSA) is 45.8 Å². The summed E-state index contributed by atoms with van der Waals surface area (Å²) in [6, 6.07) is 5.08. The van der Waals surface area contributed by atoms with E-state index in [-0.39, 0.29) is 5.56 Å². The minimum atomic E-state index is -0.142. The van der Waals surface area contributed by atoms with Crippen LogP contribution in [0.15, 0.2) is 23.0 Å². The van der Waals surface area contributed by atoms with Crippen LogP contribution in [0.2, 0.25) is 4.34 Å². The first-order chi connectivity index (χ1) is 6.65. The SMILES string of the molecule is Cc1cc(=O)[nH]c(-c2ccc(Cl)s2)n1. The van der Waals surface area contributed by atoms with Gasteiger partial charge in [-0.15, -0.1) is 11.3 Å². The summed E-state index contributed by atoms with van der Waals surface area (Å²) >= 11 is 7.18. The fraction of sp³-hybridized carbons (Fsp3) is 0.111. The van der Waals surface area contributed by atoms with E-state index in [9.17, 15) is 4.79 Å². The second-order valence-electron chi connectivity index (χ2n) is 2.84. The van der Waals surface area contributed by atoms with Crippen LogP contribution < -0.4 is 5.56 Å². The molecule has 0 aliphatic heterocycles. The first-order valence-corrected chi connectivity index (χ1v) is 5.18. The van der Waals surface area contributed by atoms with Gasteiger partial charge in [-0.3, -0.25) is 4.79 Å². The Bertz CT molecular complexity index is 518. The van der Waals surface area contributed by atoms with Crippen molar-refractivity contribution in [2.24, 2.45) is 0 Å². The summed E-state index contributed by atoms with van der Waals surface area (Å²) < 4.78 is 0.684. The first-order valence-electron chi connectivity index (χ1n) is 3.99. The summed E-state index contributed by atoms with van der Waals surface area (Å²) in [7, 11) is 0. The normalized spacial score (nSPS) is 10.4. The zero-order valence-corrected chi connectivity index (χ0v) is 8.95. The Morgan fingerprint density at radius 1 is 1.50 bits per heavy atom. The van der Waals surface area contributed by atoms with Gasteiger partial charge in [-0.1, -0.05) is 11.6 Å². The van der Waals surface area contributed by atoms with Gasteiger partial charge in [-0.25, -0.2) is 4.98 Å². The molecule has 0 unspecified atom stereocenters. The average Bonchev–Trinajstić information content (AvgIpc) is 2.50. The highest BCUT2D eigenvalue weighted by atomic mass is 35.5. The predicted molar refractivity (Wildman–Crippen MR) is 57.9 cm³/mol. The Morgan fingerprint density at radius 2 is 2.29 bits per heavy atom. The molecule has 0 spiro atoms. The Morgan fingerprint density at radius 3 is 2.86 bits per heavy atom. The number of aryl methyl sites for hydroxylation is 1. The molecule has 5 heteroatoms. The third kappa shape index (κ3) is 1.86. The molecule has 0 radical (unpaired) electrons. The Balaban J connectivity index is 2.56. The molecule has 0 fully saturated rings. The zero-order chi connectivity index (χ0) is 10.1. The molecular weight excluding hydrogens is 220 g/mol. The maximum atomic E-state index is 11.2. The van der Waals surface area contributed by atoms with Crippen molar-refractivity contribution < 1.29 is 0 Å². The monoisotopic (exact) mass is 226 g/mol. The van der Waals surface area contributed by atoms with Crippen molar-refractivity contribution >= 4 is 22.9 Å². The van der Waals surface area contributed by atoms with Gasteiger partial charge in [-0.2, -0.15) is 0 Å². The van der Waals surface area contributed by atoms with E-state index in [1.807, 2.05) is 6.07 Å². The van der Waals surface area contributed by atoms with Crippen LogP contribution in [0.4, 0.5) is 0 Å². The molecule has 2 aromatic heterocycles. The molecule has 0 aliphatic carbocycles. The zero-order valence-electron chi connectivity index (χ0n) is 7.37. The van der Waals surface area contributed by atoms with Crippen molar-refractivity contribution in [1.29, 1.82) is 0 Å². The van der Waals surface area contributed by atoms with Crippen LogP contribution >= 0.6 is 22.9 Å². The van der Waals surface area contributed by atoms with Crippen molar-refractivity contribution in [3.63, 3.8) is 0 Å². The van der Waals surface area contributed by atoms with Crippen molar-refractivity contribution in [2.75, 3.05) is 0 Å². The molecule has 0 saturated heterocycles. The third-order valence-electron chi connectivity index (χ3n) is 1.68. The molecule has 2 rings (SSSR count). The predicted octanol–water partition coefficient (Wildman–Crippen LogP) is 2.46. The van der Waals surface area contributed by atoms with Crippen LogP contribution in [0.3, 0.4) is 0 Å². The quantitative estimate of drug-likeness (QED) is 0.812. The minimum Gasteiger partial charge on any atom is -0.306 e. The van der Waals surface area contributed by atoms with Crippen LogP contribution in [0, 0.1) is 6.92 Å². The van der Waals surface area contributed by atoms with Crippen LogP contribution in [0.5, 0.6) is 0 Å². The molecule has 14 heavy (non-hydrogen) atoms. The minimum absolute atomic E-state index is 0.142. The molecule has 3 nitrogen and oxygen atoms in total. The van der Waals surface area contributed by atoms with Gasteiger partial charge < -0.3 is 4.98 Å². The second-order valence-corrected chi connectivity index (χ2v) is 4.55. The number of rotatable bonds is 1. The number of nitrogens with one attached hydrogen (secondary N) is 1. The van der Waals surface area contributed by atoms with Crippen LogP contribution in [-0.2, 0) is 0 Å². The maximum Gasteiger partial charge on any atom is 0.251 e. The van der Waals surface area contributed by atoms with E-state index in [0.717, 1.165) is 4.88 Å². The number of halogens is 1. The molecule has 2 aromatic rings. The average molecular weight is 227 g/mol. The van der Waals surface area contributed by atoms with E-state index >= 15 is 0 Å². The number of H-pyrrole nitrogens is 1. The summed E-state index contributed by atoms with van der Waals surface area (Å²) in [6.45, 7) is 1.79. The van der Waals surface area contributed by atoms with Crippen molar-refractivity contribution in [3.8, 4) is 10.7 Å². The van der Waals surface area contributed by atoms with Crippen LogP contribution in [0.25, 0.3) is 10.7 Å². The van der Waals surface area contributed by atoms with Gasteiger partial charge in [0.15, 0.2) is 5.82 Å². The molecule has 0 amide bonds. The van der Waals surface area contributed by atoms with Crippen molar-refractivity contribution in [1.82, 2.24) is 9.97 Å². The largest absolute Gasteiger partial charge is 0.306 e. The van der Waals surface area contributed by atoms with Gasteiger partial charge in [0.25, 0.3) is 5.56 Å². The molecule has 0 bridgehead atoms. The van der Waals surface area contributed by atoms with Gasteiger partial charge in [0.1, 0.15) is 0 Å². The summed E-state index contributed by atoms with van der Waals surface area (Å²) in [5, 5.41) is 0. The Hall–Kier alpha value is -1.13. The molecular formula is C9H7ClN2OS. The summed E-state index contributed by atoms with van der Waals surface area (Å²) in [5.41, 5.74) is 0.560. The van der Waals surface area contributed by atoms with E-state index in [0.29, 0.717) is 15.9 Å². The Labute approximate surface area is 89.4 Å². The number of hydrogen-bond acceptors (Lipinski definition) is 3. The first kappa shape index (κ1) is 9.43. The van der Waals surface area contributed by atoms with Gasteiger partial charge in [0, 0.05) is 11.8 Å². The molecule has 0 aromatic carbocycles. The molecule has 0 aliphatic rings. The highest BCUT2D eigenvalue weighted by molar-refractivity contribution is 7.19. The van der Waals surface area contributed by atoms with E-state index in [1.54, 1.807) is 13.0 Å². The summed E-state index contributed by atoms with van der Waals surface area (Å²) in [6.07, 6.45) is 0. The molecule has 72 valence electrons. The summed E-state index contributed by atoms with van der Waals surface area (Å²) in [4.78, 5) is 18.9. The third-order valence-corrected chi connectivity index (χ3v) is 2.91. The lowest BCUT2D eigenvalue weighted by molar-refractivity contribution is 1.08. The van der Waals surface area contributed by atoms with Crippen molar-refractivity contribution in [3.05, 3.63) is 38.6 Å². The van der Waals surface area contributed by atoms with E-state index < -0.39 is 0 Å². The Kier molecular flexibility index (Phi) is 2.39. The van der Waals surface area contributed by atoms with Crippen LogP contribution in [0.1, 0.15) is 5.69 Å². The summed E-state index contributed by atoms with van der Waals surface area (Å²) in [5.74, 6) is 0.576. The smallest absolute Gasteiger partial charge is 0.251 e. The highest BCUT2D eigenvalue weighted by Gasteiger charge is 2.04. The fourth-order valence-electron chi connectivity index (χ4n) is 1.14. The standard InChI is InChI=1S/C9H7ClN2OS/c1-5-4-8(13)12-9(11-5)6-2-3-7(10)14-6/h2-4H,1H3,(H,11,12,13). The van der Waals surface area contributed by atoms with Gasteiger partial charge >= 0.3 is 0 Å². The lowest BCUT2D eigenvalue weighted by Gasteiger charge is -1.96. The van der Waals surface area contributed by atoms with E-state index in [2.05, 4.69) is 9.97 Å². The second kappa shape index (κ2) is 3.55. The van der Waals surface area contributed by atoms with Gasteiger partial charge in [0.05, 0.1) is 9.21 Å². The highest BCUT2D eigenvalue weighted by Crippen LogP contribution is 2.27. The number of nitrogens with zero attached hydrogens (tertiary/aromatic N) is 1. The molecule has 0 saturated carbocycles. The van der Waals surface area contributed by atoms with E-state index in [4.69, 9.17) is 11.6 Å². The number of aromatic nitrogens is 2. The molecule has 2 heterocycles. The number of thiophene rings is 1. The lowest BCUT2D eigenvalue weighted by Crippen LogP contribution is -2.07. The number of aromatic amines is 1. The van der Waals surface area contributed by atoms with Gasteiger partial charge in [0.2, 0.25) is 0 Å².